The van der Waals surface area contributed by atoms with Gasteiger partial charge in [-0.3, -0.25) is 4.98 Å². The van der Waals surface area contributed by atoms with Crippen LogP contribution >= 0.6 is 15.9 Å². The van der Waals surface area contributed by atoms with Gasteiger partial charge in [0.25, 0.3) is 0 Å². The molecular weight excluding hydrogens is 218 g/mol. The number of nitrogens with zero attached hydrogens (tertiary/aromatic N) is 1. The van der Waals surface area contributed by atoms with Crippen molar-refractivity contribution < 1.29 is 5.11 Å². The second kappa shape index (κ2) is 4.01. The summed E-state index contributed by atoms with van der Waals surface area (Å²) in [6.45, 7) is 3.73. The minimum atomic E-state index is -0.348. The molecule has 12 heavy (non-hydrogen) atoms. The number of aliphatic hydroxyl groups excluding tert-OH is 1. The van der Waals surface area contributed by atoms with Crippen LogP contribution in [0.25, 0.3) is 0 Å². The highest BCUT2D eigenvalue weighted by Crippen LogP contribution is 2.18. The highest BCUT2D eigenvalue weighted by atomic mass is 79.9. The molecule has 0 aliphatic rings. The van der Waals surface area contributed by atoms with Crippen LogP contribution in [0.15, 0.2) is 22.8 Å². The van der Waals surface area contributed by atoms with Gasteiger partial charge in [-0.15, -0.1) is 0 Å². The van der Waals surface area contributed by atoms with Crippen LogP contribution in [0, 0.1) is 0 Å². The maximum atomic E-state index is 9.29. The van der Waals surface area contributed by atoms with Crippen molar-refractivity contribution in [2.45, 2.75) is 25.9 Å². The maximum Gasteiger partial charge on any atom is 0.0593 e. The second-order valence-corrected chi connectivity index (χ2v) is 3.85. The van der Waals surface area contributed by atoms with E-state index in [0.29, 0.717) is 0 Å². The molecule has 1 aromatic heterocycles. The first-order valence-corrected chi connectivity index (χ1v) is 4.70. The van der Waals surface area contributed by atoms with Crippen molar-refractivity contribution in [2.75, 3.05) is 0 Å². The molecule has 1 aromatic rings. The Kier molecular flexibility index (Phi) is 3.23. The summed E-state index contributed by atoms with van der Waals surface area (Å²) in [6.07, 6.45) is 1.40. The average molecular weight is 230 g/mol. The quantitative estimate of drug-likeness (QED) is 0.845. The van der Waals surface area contributed by atoms with Crippen LogP contribution in [0.5, 0.6) is 0 Å². The van der Waals surface area contributed by atoms with Gasteiger partial charge in [0, 0.05) is 22.3 Å². The van der Waals surface area contributed by atoms with E-state index in [0.717, 1.165) is 10.2 Å². The summed E-state index contributed by atoms with van der Waals surface area (Å²) in [7, 11) is 0. The van der Waals surface area contributed by atoms with Gasteiger partial charge < -0.3 is 5.11 Å². The molecule has 0 aliphatic heterocycles. The van der Waals surface area contributed by atoms with Crippen molar-refractivity contribution in [1.29, 1.82) is 0 Å². The zero-order chi connectivity index (χ0) is 9.14. The van der Waals surface area contributed by atoms with Gasteiger partial charge in [0.1, 0.15) is 0 Å². The molecule has 0 spiro atoms. The minimum Gasteiger partial charge on any atom is -0.393 e. The van der Waals surface area contributed by atoms with E-state index in [9.17, 15) is 5.11 Å². The third-order valence-electron chi connectivity index (χ3n) is 1.94. The first-order chi connectivity index (χ1) is 5.61. The normalized spacial score (nSPS) is 15.7. The van der Waals surface area contributed by atoms with E-state index in [1.807, 2.05) is 19.1 Å². The molecule has 2 nitrogen and oxygen atoms in total. The Hall–Kier alpha value is -0.410. The molecule has 0 fully saturated rings. The molecule has 2 unspecified atom stereocenters. The fourth-order valence-electron chi connectivity index (χ4n) is 0.904. The van der Waals surface area contributed by atoms with Crippen molar-refractivity contribution >= 4 is 15.9 Å². The molecule has 3 heteroatoms. The number of aliphatic hydroxyl groups is 1. The van der Waals surface area contributed by atoms with E-state index in [4.69, 9.17) is 0 Å². The second-order valence-electron chi connectivity index (χ2n) is 2.93. The minimum absolute atomic E-state index is 0.0955. The van der Waals surface area contributed by atoms with E-state index in [1.165, 1.54) is 0 Å². The average Bonchev–Trinajstić information content (AvgIpc) is 2.04. The number of hydrogen-bond acceptors (Lipinski definition) is 2. The van der Waals surface area contributed by atoms with Crippen LogP contribution < -0.4 is 0 Å². The number of aromatic nitrogens is 1. The molecule has 1 N–H and O–H groups in total. The number of pyridine rings is 1. The van der Waals surface area contributed by atoms with Crippen molar-refractivity contribution in [2.24, 2.45) is 0 Å². The summed E-state index contributed by atoms with van der Waals surface area (Å²) in [5.74, 6) is 0.0955. The summed E-state index contributed by atoms with van der Waals surface area (Å²) in [5.41, 5.74) is 0.924. The van der Waals surface area contributed by atoms with Crippen LogP contribution in [0.4, 0.5) is 0 Å². The van der Waals surface area contributed by atoms with Crippen molar-refractivity contribution in [3.8, 4) is 0 Å². The van der Waals surface area contributed by atoms with Gasteiger partial charge in [-0.2, -0.15) is 0 Å². The lowest BCUT2D eigenvalue weighted by Gasteiger charge is -2.13. The van der Waals surface area contributed by atoms with Gasteiger partial charge in [-0.05, 0) is 35.0 Å². The molecule has 0 radical (unpaired) electrons. The van der Waals surface area contributed by atoms with Crippen LogP contribution in [0.1, 0.15) is 25.5 Å². The summed E-state index contributed by atoms with van der Waals surface area (Å²) < 4.78 is 0.962. The first-order valence-electron chi connectivity index (χ1n) is 3.91. The Bertz CT molecular complexity index is 245. The molecule has 0 aromatic carbocycles. The SMILES string of the molecule is CC(O)C(C)c1ccc(Br)cn1. The molecule has 1 rings (SSSR count). The summed E-state index contributed by atoms with van der Waals surface area (Å²) in [4.78, 5) is 4.19. The fraction of sp³-hybridized carbons (Fsp3) is 0.444. The lowest BCUT2D eigenvalue weighted by Crippen LogP contribution is -2.12. The largest absolute Gasteiger partial charge is 0.393 e. The van der Waals surface area contributed by atoms with Gasteiger partial charge in [0.05, 0.1) is 6.10 Å². The number of rotatable bonds is 2. The predicted molar refractivity (Wildman–Crippen MR) is 52.0 cm³/mol. The summed E-state index contributed by atoms with van der Waals surface area (Å²) in [6, 6.07) is 3.85. The summed E-state index contributed by atoms with van der Waals surface area (Å²) in [5, 5.41) is 9.29. The zero-order valence-corrected chi connectivity index (χ0v) is 8.75. The highest BCUT2D eigenvalue weighted by Gasteiger charge is 2.11. The van der Waals surface area contributed by atoms with Crippen molar-refractivity contribution in [3.05, 3.63) is 28.5 Å². The van der Waals surface area contributed by atoms with E-state index in [1.54, 1.807) is 13.1 Å². The Balaban J connectivity index is 2.82. The monoisotopic (exact) mass is 229 g/mol. The van der Waals surface area contributed by atoms with Crippen molar-refractivity contribution in [1.82, 2.24) is 4.98 Å². The van der Waals surface area contributed by atoms with Crippen LogP contribution in [-0.4, -0.2) is 16.2 Å². The predicted octanol–water partition coefficient (Wildman–Crippen LogP) is 2.33. The molecular formula is C9H12BrNO. The molecule has 0 aliphatic carbocycles. The van der Waals surface area contributed by atoms with Crippen LogP contribution in [-0.2, 0) is 0 Å². The molecule has 0 bridgehead atoms. The van der Waals surface area contributed by atoms with E-state index in [2.05, 4.69) is 20.9 Å². The number of halogens is 1. The van der Waals surface area contributed by atoms with Crippen LogP contribution in [0.3, 0.4) is 0 Å². The molecule has 0 saturated carbocycles. The van der Waals surface area contributed by atoms with Crippen LogP contribution in [0.2, 0.25) is 0 Å². The molecule has 2 atom stereocenters. The molecule has 1 heterocycles. The lowest BCUT2D eigenvalue weighted by atomic mass is 10.0. The standard InChI is InChI=1S/C9H12BrNO/c1-6(7(2)12)9-4-3-8(10)5-11-9/h3-7,12H,1-2H3. The van der Waals surface area contributed by atoms with Gasteiger partial charge in [-0.1, -0.05) is 6.92 Å². The van der Waals surface area contributed by atoms with Gasteiger partial charge in [-0.25, -0.2) is 0 Å². The van der Waals surface area contributed by atoms with Gasteiger partial charge in [0.2, 0.25) is 0 Å². The Morgan fingerprint density at radius 3 is 2.50 bits per heavy atom. The Morgan fingerprint density at radius 2 is 2.08 bits per heavy atom. The summed E-state index contributed by atoms with van der Waals surface area (Å²) >= 11 is 3.31. The Labute approximate surface area is 80.8 Å². The number of hydrogen-bond donors (Lipinski definition) is 1. The smallest absolute Gasteiger partial charge is 0.0593 e. The highest BCUT2D eigenvalue weighted by molar-refractivity contribution is 9.10. The fourth-order valence-corrected chi connectivity index (χ4v) is 1.14. The lowest BCUT2D eigenvalue weighted by molar-refractivity contribution is 0.167. The topological polar surface area (TPSA) is 33.1 Å². The van der Waals surface area contributed by atoms with Crippen molar-refractivity contribution in [3.63, 3.8) is 0 Å². The molecule has 0 saturated heterocycles. The third-order valence-corrected chi connectivity index (χ3v) is 2.41. The zero-order valence-electron chi connectivity index (χ0n) is 7.16. The maximum absolute atomic E-state index is 9.29. The van der Waals surface area contributed by atoms with E-state index in [-0.39, 0.29) is 12.0 Å². The third kappa shape index (κ3) is 2.29. The van der Waals surface area contributed by atoms with Gasteiger partial charge >= 0.3 is 0 Å². The molecule has 0 amide bonds. The van der Waals surface area contributed by atoms with E-state index < -0.39 is 0 Å². The Morgan fingerprint density at radius 1 is 1.42 bits per heavy atom. The van der Waals surface area contributed by atoms with E-state index >= 15 is 0 Å². The molecule has 66 valence electrons. The van der Waals surface area contributed by atoms with Gasteiger partial charge in [0.15, 0.2) is 0 Å². The first kappa shape index (κ1) is 9.68.